The highest BCUT2D eigenvalue weighted by Gasteiger charge is 2.09. The molecule has 3 rings (SSSR count). The van der Waals surface area contributed by atoms with Gasteiger partial charge in [-0.15, -0.1) is 0 Å². The Hall–Kier alpha value is -3.15. The third-order valence-corrected chi connectivity index (χ3v) is 2.98. The second-order valence-electron chi connectivity index (χ2n) is 4.41. The van der Waals surface area contributed by atoms with E-state index >= 15 is 0 Å². The Morgan fingerprint density at radius 2 is 1.67 bits per heavy atom. The largest absolute Gasteiger partial charge is 0.398 e. The van der Waals surface area contributed by atoms with Gasteiger partial charge in [0.25, 0.3) is 5.91 Å². The third kappa shape index (κ3) is 2.74. The summed E-state index contributed by atoms with van der Waals surface area (Å²) < 4.78 is 0. The number of anilines is 2. The number of para-hydroxylation sites is 1. The average molecular weight is 279 g/mol. The van der Waals surface area contributed by atoms with Gasteiger partial charge in [0.15, 0.2) is 0 Å². The van der Waals surface area contributed by atoms with Crippen LogP contribution in [0.25, 0.3) is 5.69 Å². The lowest BCUT2D eigenvalue weighted by atomic mass is 10.1. The van der Waals surface area contributed by atoms with Crippen LogP contribution in [-0.2, 0) is 0 Å². The molecule has 0 aliphatic carbocycles. The lowest BCUT2D eigenvalue weighted by molar-refractivity contribution is 0.102. The zero-order chi connectivity index (χ0) is 14.7. The summed E-state index contributed by atoms with van der Waals surface area (Å²) in [4.78, 5) is 13.6. The van der Waals surface area contributed by atoms with E-state index in [1.165, 1.54) is 4.80 Å². The van der Waals surface area contributed by atoms with E-state index in [9.17, 15) is 4.79 Å². The van der Waals surface area contributed by atoms with Crippen LogP contribution >= 0.6 is 0 Å². The number of carbonyl (C=O) groups excluding carboxylic acids is 1. The SMILES string of the molecule is Nc1ccccc1C(=O)Nc1ccc(-n2nccn2)cc1. The summed E-state index contributed by atoms with van der Waals surface area (Å²) in [7, 11) is 0. The van der Waals surface area contributed by atoms with Crippen LogP contribution in [0.1, 0.15) is 10.4 Å². The van der Waals surface area contributed by atoms with E-state index in [-0.39, 0.29) is 5.91 Å². The Kier molecular flexibility index (Phi) is 3.34. The molecule has 2 aromatic carbocycles. The molecule has 0 radical (unpaired) electrons. The molecule has 0 aliphatic rings. The van der Waals surface area contributed by atoms with Crippen molar-refractivity contribution in [2.75, 3.05) is 11.1 Å². The minimum atomic E-state index is -0.238. The zero-order valence-electron chi connectivity index (χ0n) is 11.1. The molecule has 0 saturated heterocycles. The summed E-state index contributed by atoms with van der Waals surface area (Å²) in [5, 5.41) is 10.9. The van der Waals surface area contributed by atoms with Gasteiger partial charge in [-0.2, -0.15) is 15.0 Å². The van der Waals surface area contributed by atoms with E-state index in [1.807, 2.05) is 12.1 Å². The van der Waals surface area contributed by atoms with E-state index in [2.05, 4.69) is 15.5 Å². The van der Waals surface area contributed by atoms with Crippen LogP contribution < -0.4 is 11.1 Å². The second-order valence-corrected chi connectivity index (χ2v) is 4.41. The van der Waals surface area contributed by atoms with Gasteiger partial charge in [0.05, 0.1) is 23.6 Å². The average Bonchev–Trinajstić information content (AvgIpc) is 3.02. The molecular formula is C15H13N5O. The molecule has 21 heavy (non-hydrogen) atoms. The monoisotopic (exact) mass is 279 g/mol. The van der Waals surface area contributed by atoms with E-state index < -0.39 is 0 Å². The molecule has 6 heteroatoms. The third-order valence-electron chi connectivity index (χ3n) is 2.98. The van der Waals surface area contributed by atoms with Crippen molar-refractivity contribution in [2.45, 2.75) is 0 Å². The topological polar surface area (TPSA) is 85.8 Å². The molecule has 3 N–H and O–H groups in total. The number of hydrogen-bond donors (Lipinski definition) is 2. The quantitative estimate of drug-likeness (QED) is 0.719. The van der Waals surface area contributed by atoms with Gasteiger partial charge in [-0.25, -0.2) is 0 Å². The molecule has 0 unspecified atom stereocenters. The molecule has 0 saturated carbocycles. The van der Waals surface area contributed by atoms with Crippen molar-refractivity contribution in [3.8, 4) is 5.69 Å². The number of aromatic nitrogens is 3. The Morgan fingerprint density at radius 1 is 1.00 bits per heavy atom. The molecule has 0 atom stereocenters. The molecule has 104 valence electrons. The van der Waals surface area contributed by atoms with Gasteiger partial charge in [-0.05, 0) is 36.4 Å². The minimum absolute atomic E-state index is 0.238. The lowest BCUT2D eigenvalue weighted by Crippen LogP contribution is -2.13. The van der Waals surface area contributed by atoms with Crippen LogP contribution in [0.2, 0.25) is 0 Å². The van der Waals surface area contributed by atoms with Crippen LogP contribution in [0.5, 0.6) is 0 Å². The van der Waals surface area contributed by atoms with E-state index in [1.54, 1.807) is 48.8 Å². The number of nitrogens with one attached hydrogen (secondary N) is 1. The molecule has 1 heterocycles. The Balaban J connectivity index is 1.77. The maximum atomic E-state index is 12.1. The standard InChI is InChI=1S/C15H13N5O/c16-14-4-2-1-3-13(14)15(21)19-11-5-7-12(8-6-11)20-17-9-10-18-20/h1-10H,16H2,(H,19,21). The van der Waals surface area contributed by atoms with Gasteiger partial charge in [0, 0.05) is 11.4 Å². The maximum absolute atomic E-state index is 12.1. The molecular weight excluding hydrogens is 266 g/mol. The van der Waals surface area contributed by atoms with E-state index in [4.69, 9.17) is 5.73 Å². The van der Waals surface area contributed by atoms with Crippen LogP contribution in [0.4, 0.5) is 11.4 Å². The van der Waals surface area contributed by atoms with Gasteiger partial charge in [0.1, 0.15) is 0 Å². The van der Waals surface area contributed by atoms with Gasteiger partial charge in [-0.1, -0.05) is 12.1 Å². The first-order valence-corrected chi connectivity index (χ1v) is 6.36. The van der Waals surface area contributed by atoms with Crippen molar-refractivity contribution in [3.05, 3.63) is 66.5 Å². The first kappa shape index (κ1) is 12.9. The fourth-order valence-electron chi connectivity index (χ4n) is 1.93. The van der Waals surface area contributed by atoms with Gasteiger partial charge >= 0.3 is 0 Å². The minimum Gasteiger partial charge on any atom is -0.398 e. The van der Waals surface area contributed by atoms with Crippen molar-refractivity contribution < 1.29 is 4.79 Å². The van der Waals surface area contributed by atoms with Crippen LogP contribution in [0.3, 0.4) is 0 Å². The lowest BCUT2D eigenvalue weighted by Gasteiger charge is -2.08. The number of benzene rings is 2. The highest BCUT2D eigenvalue weighted by atomic mass is 16.1. The Morgan fingerprint density at radius 3 is 2.33 bits per heavy atom. The smallest absolute Gasteiger partial charge is 0.257 e. The van der Waals surface area contributed by atoms with Crippen LogP contribution in [0.15, 0.2) is 60.9 Å². The van der Waals surface area contributed by atoms with Crippen molar-refractivity contribution in [2.24, 2.45) is 0 Å². The molecule has 6 nitrogen and oxygen atoms in total. The van der Waals surface area contributed by atoms with E-state index in [0.717, 1.165) is 5.69 Å². The highest BCUT2D eigenvalue weighted by Crippen LogP contribution is 2.15. The number of amides is 1. The summed E-state index contributed by atoms with van der Waals surface area (Å²) in [6.45, 7) is 0. The summed E-state index contributed by atoms with van der Waals surface area (Å²) in [6.07, 6.45) is 3.21. The van der Waals surface area contributed by atoms with Crippen molar-refractivity contribution in [1.29, 1.82) is 0 Å². The predicted molar refractivity (Wildman–Crippen MR) is 80.2 cm³/mol. The Labute approximate surface area is 121 Å². The van der Waals surface area contributed by atoms with Gasteiger partial charge in [-0.3, -0.25) is 4.79 Å². The number of nitrogens with zero attached hydrogens (tertiary/aromatic N) is 3. The fraction of sp³-hybridized carbons (Fsp3) is 0. The molecule has 1 aromatic heterocycles. The number of rotatable bonds is 3. The molecule has 0 spiro atoms. The second kappa shape index (κ2) is 5.46. The zero-order valence-corrected chi connectivity index (χ0v) is 11.1. The Bertz CT molecular complexity index is 750. The summed E-state index contributed by atoms with van der Waals surface area (Å²) >= 11 is 0. The van der Waals surface area contributed by atoms with Crippen LogP contribution in [-0.4, -0.2) is 20.9 Å². The summed E-state index contributed by atoms with van der Waals surface area (Å²) in [5.74, 6) is -0.238. The first-order valence-electron chi connectivity index (χ1n) is 6.36. The molecule has 1 amide bonds. The van der Waals surface area contributed by atoms with Crippen LogP contribution in [0, 0.1) is 0 Å². The highest BCUT2D eigenvalue weighted by molar-refractivity contribution is 6.07. The molecule has 0 fully saturated rings. The normalized spacial score (nSPS) is 10.3. The molecule has 3 aromatic rings. The van der Waals surface area contributed by atoms with Gasteiger partial charge in [0.2, 0.25) is 0 Å². The predicted octanol–water partition coefficient (Wildman–Crippen LogP) is 2.10. The van der Waals surface area contributed by atoms with E-state index in [0.29, 0.717) is 16.9 Å². The number of carbonyl (C=O) groups is 1. The van der Waals surface area contributed by atoms with Crippen molar-refractivity contribution in [1.82, 2.24) is 15.0 Å². The molecule has 0 bridgehead atoms. The maximum Gasteiger partial charge on any atom is 0.257 e. The number of nitrogen functional groups attached to an aromatic ring is 1. The van der Waals surface area contributed by atoms with Gasteiger partial charge < -0.3 is 11.1 Å². The summed E-state index contributed by atoms with van der Waals surface area (Å²) in [6, 6.07) is 14.2. The first-order chi connectivity index (χ1) is 10.2. The number of hydrogen-bond acceptors (Lipinski definition) is 4. The van der Waals surface area contributed by atoms with Crippen molar-refractivity contribution in [3.63, 3.8) is 0 Å². The summed E-state index contributed by atoms with van der Waals surface area (Å²) in [5.41, 5.74) is 8.18. The molecule has 0 aliphatic heterocycles. The number of nitrogens with two attached hydrogens (primary N) is 1. The van der Waals surface area contributed by atoms with Crippen molar-refractivity contribution >= 4 is 17.3 Å². The fourth-order valence-corrected chi connectivity index (χ4v) is 1.93.